The van der Waals surface area contributed by atoms with Crippen LogP contribution in [-0.2, 0) is 0 Å². The third kappa shape index (κ3) is 4.77. The fraction of sp³-hybridized carbons (Fsp3) is 0.296. The molecular formula is C27H28ClN5O4S. The first kappa shape index (κ1) is 25.9. The Morgan fingerprint density at radius 3 is 2.34 bits per heavy atom. The summed E-state index contributed by atoms with van der Waals surface area (Å²) < 4.78 is 16.2. The average Bonchev–Trinajstić information content (AvgIpc) is 3.30. The highest BCUT2D eigenvalue weighted by atomic mass is 35.5. The second-order valence-corrected chi connectivity index (χ2v) is 10.1. The van der Waals surface area contributed by atoms with Crippen LogP contribution < -0.4 is 29.3 Å². The fourth-order valence-electron chi connectivity index (χ4n) is 4.70. The number of benzene rings is 2. The van der Waals surface area contributed by atoms with Crippen molar-refractivity contribution < 1.29 is 19.0 Å². The summed E-state index contributed by atoms with van der Waals surface area (Å²) in [6, 6.07) is 11.3. The van der Waals surface area contributed by atoms with Crippen LogP contribution in [0.15, 0.2) is 42.7 Å². The Bertz CT molecular complexity index is 1490. The summed E-state index contributed by atoms with van der Waals surface area (Å²) in [4.78, 5) is 28.4. The van der Waals surface area contributed by atoms with Gasteiger partial charge in [-0.15, -0.1) is 11.3 Å². The van der Waals surface area contributed by atoms with E-state index in [2.05, 4.69) is 31.2 Å². The van der Waals surface area contributed by atoms with Gasteiger partial charge in [0.05, 0.1) is 48.0 Å². The van der Waals surface area contributed by atoms with Gasteiger partial charge in [-0.05, 0) is 30.7 Å². The first-order valence-corrected chi connectivity index (χ1v) is 13.2. The average molecular weight is 554 g/mol. The van der Waals surface area contributed by atoms with Crippen LogP contribution in [0.25, 0.3) is 10.2 Å². The van der Waals surface area contributed by atoms with Gasteiger partial charge >= 0.3 is 0 Å². The zero-order chi connectivity index (χ0) is 26.8. The lowest BCUT2D eigenvalue weighted by atomic mass is 10.1. The molecule has 0 saturated carbocycles. The molecule has 1 saturated heterocycles. The number of fused-ring (bicyclic) bond motifs is 1. The molecule has 0 radical (unpaired) electrons. The number of aryl methyl sites for hydroxylation is 1. The molecule has 2 aromatic carbocycles. The number of thiophene rings is 1. The number of nitrogens with zero attached hydrogens (tertiary/aromatic N) is 4. The van der Waals surface area contributed by atoms with Crippen LogP contribution in [0.4, 0.5) is 17.2 Å². The van der Waals surface area contributed by atoms with E-state index >= 15 is 0 Å². The fourth-order valence-corrected chi connectivity index (χ4v) is 5.98. The zero-order valence-corrected chi connectivity index (χ0v) is 23.2. The minimum absolute atomic E-state index is 0.267. The highest BCUT2D eigenvalue weighted by Gasteiger charge is 2.26. The van der Waals surface area contributed by atoms with Gasteiger partial charge in [-0.25, -0.2) is 9.97 Å². The van der Waals surface area contributed by atoms with E-state index in [1.165, 1.54) is 25.6 Å². The van der Waals surface area contributed by atoms with Crippen molar-refractivity contribution in [3.63, 3.8) is 0 Å². The maximum absolute atomic E-state index is 13.4. The van der Waals surface area contributed by atoms with Crippen molar-refractivity contribution in [3.05, 3.63) is 58.2 Å². The number of carbonyl (C=O) groups is 1. The van der Waals surface area contributed by atoms with Crippen LogP contribution in [0.2, 0.25) is 5.02 Å². The number of ether oxygens (including phenoxy) is 3. The number of amides is 1. The topological polar surface area (TPSA) is 89.0 Å². The molecule has 3 heterocycles. The van der Waals surface area contributed by atoms with Crippen molar-refractivity contribution in [1.82, 2.24) is 9.97 Å². The smallest absolute Gasteiger partial charge is 0.266 e. The predicted molar refractivity (Wildman–Crippen MR) is 152 cm³/mol. The first-order chi connectivity index (χ1) is 18.4. The van der Waals surface area contributed by atoms with E-state index in [-0.39, 0.29) is 5.91 Å². The quantitative estimate of drug-likeness (QED) is 0.332. The highest BCUT2D eigenvalue weighted by Crippen LogP contribution is 2.39. The van der Waals surface area contributed by atoms with Crippen molar-refractivity contribution in [2.24, 2.45) is 0 Å². The number of rotatable bonds is 7. The summed E-state index contributed by atoms with van der Waals surface area (Å²) in [5.41, 5.74) is 2.38. The van der Waals surface area contributed by atoms with Gasteiger partial charge in [0, 0.05) is 32.2 Å². The van der Waals surface area contributed by atoms with Gasteiger partial charge in [-0.3, -0.25) is 4.79 Å². The van der Waals surface area contributed by atoms with Gasteiger partial charge < -0.3 is 29.3 Å². The molecule has 1 aliphatic heterocycles. The van der Waals surface area contributed by atoms with Crippen LogP contribution in [0, 0.1) is 6.92 Å². The summed E-state index contributed by atoms with van der Waals surface area (Å²) in [6.45, 7) is 5.13. The molecule has 9 nitrogen and oxygen atoms in total. The number of nitrogens with one attached hydrogen (secondary N) is 1. The SMILES string of the molecule is COc1cc(OC)c(NC(=O)c2sc3ncnc(N4CCN(c5ccccc5OC)CC4)c3c2C)cc1Cl. The van der Waals surface area contributed by atoms with Gasteiger partial charge in [-0.1, -0.05) is 23.7 Å². The second kappa shape index (κ2) is 10.9. The minimum atomic E-state index is -0.267. The van der Waals surface area contributed by atoms with Crippen molar-refractivity contribution in [2.75, 3.05) is 62.6 Å². The van der Waals surface area contributed by atoms with Gasteiger partial charge in [0.1, 0.15) is 34.2 Å². The Morgan fingerprint density at radius 1 is 0.947 bits per heavy atom. The number of hydrogen-bond acceptors (Lipinski definition) is 9. The van der Waals surface area contributed by atoms with E-state index in [1.54, 1.807) is 25.6 Å². The van der Waals surface area contributed by atoms with Gasteiger partial charge in [-0.2, -0.15) is 0 Å². The lowest BCUT2D eigenvalue weighted by Gasteiger charge is -2.37. The van der Waals surface area contributed by atoms with E-state index in [0.29, 0.717) is 27.1 Å². The van der Waals surface area contributed by atoms with Crippen molar-refractivity contribution >= 4 is 56.3 Å². The maximum Gasteiger partial charge on any atom is 0.266 e. The number of methoxy groups -OCH3 is 3. The third-order valence-electron chi connectivity index (χ3n) is 6.64. The summed E-state index contributed by atoms with van der Waals surface area (Å²) in [5, 5.41) is 4.20. The molecule has 1 fully saturated rings. The lowest BCUT2D eigenvalue weighted by molar-refractivity contribution is 0.102. The molecule has 1 N–H and O–H groups in total. The van der Waals surface area contributed by atoms with Gasteiger partial charge in [0.15, 0.2) is 0 Å². The Balaban J connectivity index is 1.39. The van der Waals surface area contributed by atoms with Crippen molar-refractivity contribution in [3.8, 4) is 17.2 Å². The monoisotopic (exact) mass is 553 g/mol. The molecule has 1 amide bonds. The number of carbonyl (C=O) groups excluding carboxylic acids is 1. The van der Waals surface area contributed by atoms with Crippen molar-refractivity contribution in [1.29, 1.82) is 0 Å². The largest absolute Gasteiger partial charge is 0.495 e. The zero-order valence-electron chi connectivity index (χ0n) is 21.6. The number of piperazine rings is 1. The summed E-state index contributed by atoms with van der Waals surface area (Å²) in [7, 11) is 4.74. The molecule has 38 heavy (non-hydrogen) atoms. The van der Waals surface area contributed by atoms with Crippen LogP contribution in [0.3, 0.4) is 0 Å². The number of halogens is 1. The Kier molecular flexibility index (Phi) is 7.44. The summed E-state index contributed by atoms with van der Waals surface area (Å²) in [5.74, 6) is 2.35. The summed E-state index contributed by atoms with van der Waals surface area (Å²) >= 11 is 7.63. The molecule has 5 rings (SSSR count). The highest BCUT2D eigenvalue weighted by molar-refractivity contribution is 7.20. The Morgan fingerprint density at radius 2 is 1.63 bits per heavy atom. The van der Waals surface area contributed by atoms with Gasteiger partial charge in [0.25, 0.3) is 5.91 Å². The summed E-state index contributed by atoms with van der Waals surface area (Å²) in [6.07, 6.45) is 1.56. The Hall–Kier alpha value is -3.76. The predicted octanol–water partition coefficient (Wildman–Crippen LogP) is 5.26. The molecule has 0 atom stereocenters. The molecule has 11 heteroatoms. The van der Waals surface area contributed by atoms with Crippen molar-refractivity contribution in [2.45, 2.75) is 6.92 Å². The van der Waals surface area contributed by atoms with Crippen LogP contribution in [0.1, 0.15) is 15.2 Å². The molecule has 0 bridgehead atoms. The molecular weight excluding hydrogens is 526 g/mol. The van der Waals surface area contributed by atoms with Crippen LogP contribution in [0.5, 0.6) is 17.2 Å². The van der Waals surface area contributed by atoms with E-state index < -0.39 is 0 Å². The molecule has 4 aromatic rings. The molecule has 2 aromatic heterocycles. The lowest BCUT2D eigenvalue weighted by Crippen LogP contribution is -2.47. The first-order valence-electron chi connectivity index (χ1n) is 12.0. The van der Waals surface area contributed by atoms with E-state index in [9.17, 15) is 4.79 Å². The normalized spacial score (nSPS) is 13.5. The van der Waals surface area contributed by atoms with Gasteiger partial charge in [0.2, 0.25) is 0 Å². The molecule has 198 valence electrons. The minimum Gasteiger partial charge on any atom is -0.495 e. The molecule has 0 spiro atoms. The Labute approximate surface area is 229 Å². The number of para-hydroxylation sites is 2. The van der Waals surface area contributed by atoms with E-state index in [0.717, 1.165) is 59.2 Å². The van der Waals surface area contributed by atoms with Crippen LogP contribution >= 0.6 is 22.9 Å². The standard InChI is InChI=1S/C27H28ClN5O4S/c1-16-23-25(33-11-9-32(10-12-33)19-7-5-6-8-20(19)35-2)29-15-30-27(23)38-24(16)26(34)31-18-13-17(28)21(36-3)14-22(18)37-4/h5-8,13-15H,9-12H2,1-4H3,(H,31,34). The second-order valence-electron chi connectivity index (χ2n) is 8.72. The number of anilines is 3. The molecule has 0 aliphatic carbocycles. The molecule has 0 unspecified atom stereocenters. The molecule has 1 aliphatic rings. The van der Waals surface area contributed by atoms with E-state index in [1.807, 2.05) is 25.1 Å². The van der Waals surface area contributed by atoms with E-state index in [4.69, 9.17) is 25.8 Å². The number of aromatic nitrogens is 2. The van der Waals surface area contributed by atoms with Crippen LogP contribution in [-0.4, -0.2) is 63.4 Å². The third-order valence-corrected chi connectivity index (χ3v) is 8.13. The number of hydrogen-bond donors (Lipinski definition) is 1. The maximum atomic E-state index is 13.4.